The lowest BCUT2D eigenvalue weighted by atomic mass is 9.77. The van der Waals surface area contributed by atoms with Gasteiger partial charge in [0, 0.05) is 6.54 Å². The van der Waals surface area contributed by atoms with Crippen molar-refractivity contribution >= 4 is 17.2 Å². The van der Waals surface area contributed by atoms with Crippen molar-refractivity contribution < 1.29 is 4.79 Å². The standard InChI is InChI=1S/C10H14N2OS/c11-10(3-1-4-10)9(13)12-6-8-2-5-14-7-8/h2,5,7H,1,3-4,6,11H2,(H,12,13). The van der Waals surface area contributed by atoms with Gasteiger partial charge in [0.2, 0.25) is 5.91 Å². The third-order valence-electron chi connectivity index (χ3n) is 2.73. The normalized spacial score (nSPS) is 18.6. The second-order valence-corrected chi connectivity index (χ2v) is 4.60. The van der Waals surface area contributed by atoms with Crippen LogP contribution in [0.5, 0.6) is 0 Å². The van der Waals surface area contributed by atoms with E-state index in [1.165, 1.54) is 0 Å². The summed E-state index contributed by atoms with van der Waals surface area (Å²) in [5.41, 5.74) is 6.45. The van der Waals surface area contributed by atoms with E-state index in [9.17, 15) is 4.79 Å². The van der Waals surface area contributed by atoms with Crippen LogP contribution in [0, 0.1) is 0 Å². The first-order chi connectivity index (χ1) is 6.71. The Morgan fingerprint density at radius 2 is 2.43 bits per heavy atom. The van der Waals surface area contributed by atoms with E-state index in [-0.39, 0.29) is 5.91 Å². The molecule has 0 aromatic carbocycles. The number of thiophene rings is 1. The van der Waals surface area contributed by atoms with Gasteiger partial charge in [-0.2, -0.15) is 11.3 Å². The Balaban J connectivity index is 1.84. The number of amides is 1. The van der Waals surface area contributed by atoms with Crippen LogP contribution >= 0.6 is 11.3 Å². The van der Waals surface area contributed by atoms with Crippen LogP contribution in [0.15, 0.2) is 16.8 Å². The summed E-state index contributed by atoms with van der Waals surface area (Å²) < 4.78 is 0. The van der Waals surface area contributed by atoms with Crippen molar-refractivity contribution in [3.8, 4) is 0 Å². The zero-order valence-electron chi connectivity index (χ0n) is 7.95. The van der Waals surface area contributed by atoms with Gasteiger partial charge in [0.15, 0.2) is 0 Å². The maximum atomic E-state index is 11.6. The molecule has 1 amide bonds. The lowest BCUT2D eigenvalue weighted by Crippen LogP contribution is -2.58. The van der Waals surface area contributed by atoms with Gasteiger partial charge in [0.25, 0.3) is 0 Å². The summed E-state index contributed by atoms with van der Waals surface area (Å²) in [6.07, 6.45) is 2.72. The van der Waals surface area contributed by atoms with Crippen LogP contribution in [0.2, 0.25) is 0 Å². The largest absolute Gasteiger partial charge is 0.350 e. The van der Waals surface area contributed by atoms with E-state index in [1.807, 2.05) is 16.8 Å². The number of hydrogen-bond donors (Lipinski definition) is 2. The third kappa shape index (κ3) is 1.81. The predicted octanol–water partition coefficient (Wildman–Crippen LogP) is 1.25. The second kappa shape index (κ2) is 3.71. The molecule has 0 radical (unpaired) electrons. The van der Waals surface area contributed by atoms with Crippen LogP contribution < -0.4 is 11.1 Å². The average Bonchev–Trinajstić information content (AvgIpc) is 2.62. The van der Waals surface area contributed by atoms with E-state index in [0.717, 1.165) is 24.8 Å². The van der Waals surface area contributed by atoms with Crippen LogP contribution in [0.25, 0.3) is 0 Å². The first kappa shape index (κ1) is 9.68. The number of hydrogen-bond acceptors (Lipinski definition) is 3. The van der Waals surface area contributed by atoms with Crippen molar-refractivity contribution in [3.05, 3.63) is 22.4 Å². The van der Waals surface area contributed by atoms with E-state index >= 15 is 0 Å². The van der Waals surface area contributed by atoms with Gasteiger partial charge in [-0.1, -0.05) is 0 Å². The smallest absolute Gasteiger partial charge is 0.240 e. The van der Waals surface area contributed by atoms with E-state index in [4.69, 9.17) is 5.73 Å². The monoisotopic (exact) mass is 210 g/mol. The van der Waals surface area contributed by atoms with E-state index in [1.54, 1.807) is 11.3 Å². The van der Waals surface area contributed by atoms with Crippen molar-refractivity contribution in [2.45, 2.75) is 31.3 Å². The summed E-state index contributed by atoms with van der Waals surface area (Å²) in [5.74, 6) is -0.00468. The third-order valence-corrected chi connectivity index (χ3v) is 3.46. The average molecular weight is 210 g/mol. The predicted molar refractivity (Wildman–Crippen MR) is 56.9 cm³/mol. The molecule has 0 saturated heterocycles. The minimum Gasteiger partial charge on any atom is -0.350 e. The molecule has 1 aliphatic carbocycles. The molecule has 1 aromatic rings. The Bertz CT molecular complexity index is 317. The molecule has 1 heterocycles. The van der Waals surface area contributed by atoms with E-state index in [0.29, 0.717) is 6.54 Å². The van der Waals surface area contributed by atoms with Crippen molar-refractivity contribution in [1.82, 2.24) is 5.32 Å². The summed E-state index contributed by atoms with van der Waals surface area (Å²) >= 11 is 1.64. The van der Waals surface area contributed by atoms with Gasteiger partial charge in [0.05, 0.1) is 5.54 Å². The first-order valence-corrected chi connectivity index (χ1v) is 5.73. The molecule has 4 heteroatoms. The van der Waals surface area contributed by atoms with Crippen LogP contribution in [-0.4, -0.2) is 11.4 Å². The van der Waals surface area contributed by atoms with E-state index < -0.39 is 5.54 Å². The van der Waals surface area contributed by atoms with Crippen LogP contribution in [0.1, 0.15) is 24.8 Å². The molecule has 3 N–H and O–H groups in total. The quantitative estimate of drug-likeness (QED) is 0.788. The summed E-state index contributed by atoms with van der Waals surface area (Å²) in [6.45, 7) is 0.598. The molecule has 1 aliphatic rings. The molecule has 0 atom stereocenters. The van der Waals surface area contributed by atoms with Gasteiger partial charge in [-0.05, 0) is 41.7 Å². The molecule has 1 fully saturated rings. The Labute approximate surface area is 87.3 Å². The molecule has 76 valence electrons. The summed E-state index contributed by atoms with van der Waals surface area (Å²) in [5, 5.41) is 6.91. The maximum Gasteiger partial charge on any atom is 0.240 e. The van der Waals surface area contributed by atoms with Gasteiger partial charge in [0.1, 0.15) is 0 Å². The number of carbonyl (C=O) groups is 1. The molecule has 14 heavy (non-hydrogen) atoms. The molecule has 0 unspecified atom stereocenters. The zero-order valence-corrected chi connectivity index (χ0v) is 8.77. The first-order valence-electron chi connectivity index (χ1n) is 4.79. The van der Waals surface area contributed by atoms with Crippen molar-refractivity contribution in [2.24, 2.45) is 5.73 Å². The maximum absolute atomic E-state index is 11.6. The molecule has 0 aliphatic heterocycles. The number of nitrogens with two attached hydrogens (primary N) is 1. The highest BCUT2D eigenvalue weighted by Gasteiger charge is 2.39. The fraction of sp³-hybridized carbons (Fsp3) is 0.500. The molecular weight excluding hydrogens is 196 g/mol. The Kier molecular flexibility index (Phi) is 2.56. The lowest BCUT2D eigenvalue weighted by Gasteiger charge is -2.36. The van der Waals surface area contributed by atoms with Crippen LogP contribution in [0.3, 0.4) is 0 Å². The highest BCUT2D eigenvalue weighted by atomic mass is 32.1. The highest BCUT2D eigenvalue weighted by Crippen LogP contribution is 2.29. The molecule has 1 saturated carbocycles. The SMILES string of the molecule is NC1(C(=O)NCc2ccsc2)CCC1. The topological polar surface area (TPSA) is 55.1 Å². The minimum atomic E-state index is -0.573. The fourth-order valence-corrected chi connectivity index (χ4v) is 2.20. The molecule has 0 bridgehead atoms. The highest BCUT2D eigenvalue weighted by molar-refractivity contribution is 7.07. The summed E-state index contributed by atoms with van der Waals surface area (Å²) in [6, 6.07) is 2.01. The van der Waals surface area contributed by atoms with Crippen molar-refractivity contribution in [3.63, 3.8) is 0 Å². The molecule has 0 spiro atoms. The number of nitrogens with one attached hydrogen (secondary N) is 1. The molecule has 2 rings (SSSR count). The fourth-order valence-electron chi connectivity index (χ4n) is 1.54. The Hall–Kier alpha value is -0.870. The number of rotatable bonds is 3. The van der Waals surface area contributed by atoms with Gasteiger partial charge in [-0.3, -0.25) is 4.79 Å². The zero-order chi connectivity index (χ0) is 10.0. The lowest BCUT2D eigenvalue weighted by molar-refractivity contribution is -0.129. The minimum absolute atomic E-state index is 0.00468. The van der Waals surface area contributed by atoms with Gasteiger partial charge < -0.3 is 11.1 Å². The Morgan fingerprint density at radius 3 is 2.93 bits per heavy atom. The van der Waals surface area contributed by atoms with Gasteiger partial charge in [-0.15, -0.1) is 0 Å². The van der Waals surface area contributed by atoms with Crippen molar-refractivity contribution in [2.75, 3.05) is 0 Å². The molecule has 3 nitrogen and oxygen atoms in total. The van der Waals surface area contributed by atoms with E-state index in [2.05, 4.69) is 5.32 Å². The van der Waals surface area contributed by atoms with Gasteiger partial charge in [-0.25, -0.2) is 0 Å². The Morgan fingerprint density at radius 1 is 1.64 bits per heavy atom. The summed E-state index contributed by atoms with van der Waals surface area (Å²) in [7, 11) is 0. The van der Waals surface area contributed by atoms with Crippen molar-refractivity contribution in [1.29, 1.82) is 0 Å². The van der Waals surface area contributed by atoms with Crippen LogP contribution in [-0.2, 0) is 11.3 Å². The molecule has 1 aromatic heterocycles. The molecular formula is C10H14N2OS. The number of carbonyl (C=O) groups excluding carboxylic acids is 1. The summed E-state index contributed by atoms with van der Waals surface area (Å²) in [4.78, 5) is 11.6. The van der Waals surface area contributed by atoms with Crippen LogP contribution in [0.4, 0.5) is 0 Å². The van der Waals surface area contributed by atoms with Gasteiger partial charge >= 0.3 is 0 Å². The second-order valence-electron chi connectivity index (χ2n) is 3.82.